The molecular formula is C14H24N2O2. The van der Waals surface area contributed by atoms with E-state index in [2.05, 4.69) is 12.2 Å². The number of hydrogen-bond donors (Lipinski definition) is 1. The Bertz CT molecular complexity index is 322. The van der Waals surface area contributed by atoms with Crippen molar-refractivity contribution in [2.24, 2.45) is 0 Å². The van der Waals surface area contributed by atoms with Gasteiger partial charge in [-0.25, -0.2) is 0 Å². The van der Waals surface area contributed by atoms with Crippen molar-refractivity contribution in [2.75, 3.05) is 13.1 Å². The Kier molecular flexibility index (Phi) is 4.25. The Balaban J connectivity index is 1.93. The molecule has 2 amide bonds. The molecule has 1 N–H and O–H groups in total. The summed E-state index contributed by atoms with van der Waals surface area (Å²) in [7, 11) is 0. The van der Waals surface area contributed by atoms with Crippen molar-refractivity contribution in [1.29, 1.82) is 0 Å². The first-order chi connectivity index (χ1) is 8.68. The fourth-order valence-electron chi connectivity index (χ4n) is 3.14. The molecule has 1 saturated heterocycles. The number of rotatable bonds is 5. The van der Waals surface area contributed by atoms with Crippen LogP contribution in [-0.2, 0) is 9.59 Å². The Morgan fingerprint density at radius 2 is 1.89 bits per heavy atom. The monoisotopic (exact) mass is 252 g/mol. The first-order valence-corrected chi connectivity index (χ1v) is 7.28. The van der Waals surface area contributed by atoms with Gasteiger partial charge in [0.15, 0.2) is 0 Å². The highest BCUT2D eigenvalue weighted by atomic mass is 16.2. The molecule has 18 heavy (non-hydrogen) atoms. The molecule has 0 aromatic heterocycles. The third-order valence-electron chi connectivity index (χ3n) is 4.15. The van der Waals surface area contributed by atoms with Gasteiger partial charge in [0.25, 0.3) is 0 Å². The second-order valence-corrected chi connectivity index (χ2v) is 5.62. The average molecular weight is 252 g/mol. The van der Waals surface area contributed by atoms with Gasteiger partial charge in [-0.3, -0.25) is 9.59 Å². The van der Waals surface area contributed by atoms with Crippen LogP contribution in [0.4, 0.5) is 0 Å². The fraction of sp³-hybridized carbons (Fsp3) is 0.857. The molecule has 0 bridgehead atoms. The van der Waals surface area contributed by atoms with Gasteiger partial charge in [-0.2, -0.15) is 0 Å². The summed E-state index contributed by atoms with van der Waals surface area (Å²) >= 11 is 0. The molecule has 1 spiro atoms. The summed E-state index contributed by atoms with van der Waals surface area (Å²) in [6, 6.07) is 0. The summed E-state index contributed by atoms with van der Waals surface area (Å²) in [6.45, 7) is 3.17. The van der Waals surface area contributed by atoms with E-state index >= 15 is 0 Å². The largest absolute Gasteiger partial charge is 0.340 e. The van der Waals surface area contributed by atoms with E-state index in [4.69, 9.17) is 0 Å². The summed E-state index contributed by atoms with van der Waals surface area (Å²) in [4.78, 5) is 26.0. The van der Waals surface area contributed by atoms with Gasteiger partial charge in [-0.05, 0) is 19.3 Å². The molecule has 0 unspecified atom stereocenters. The molecule has 2 aliphatic rings. The molecule has 2 rings (SSSR count). The van der Waals surface area contributed by atoms with Crippen LogP contribution in [0.25, 0.3) is 0 Å². The lowest BCUT2D eigenvalue weighted by atomic mass is 9.93. The zero-order valence-corrected chi connectivity index (χ0v) is 11.3. The molecule has 1 aliphatic heterocycles. The van der Waals surface area contributed by atoms with Crippen molar-refractivity contribution >= 4 is 11.8 Å². The van der Waals surface area contributed by atoms with Crippen LogP contribution in [0.1, 0.15) is 58.3 Å². The van der Waals surface area contributed by atoms with E-state index in [0.717, 1.165) is 45.1 Å². The van der Waals surface area contributed by atoms with Crippen molar-refractivity contribution in [1.82, 2.24) is 10.2 Å². The third kappa shape index (κ3) is 2.68. The first kappa shape index (κ1) is 13.4. The number of amides is 2. The van der Waals surface area contributed by atoms with Crippen LogP contribution in [0.5, 0.6) is 0 Å². The zero-order valence-electron chi connectivity index (χ0n) is 11.3. The van der Waals surface area contributed by atoms with E-state index in [0.29, 0.717) is 0 Å². The number of carbonyl (C=O) groups excluding carboxylic acids is 2. The molecule has 4 nitrogen and oxygen atoms in total. The number of nitrogens with one attached hydrogen (secondary N) is 1. The maximum Gasteiger partial charge on any atom is 0.248 e. The topological polar surface area (TPSA) is 49.4 Å². The molecule has 102 valence electrons. The lowest BCUT2D eigenvalue weighted by molar-refractivity contribution is -0.149. The van der Waals surface area contributed by atoms with Gasteiger partial charge >= 0.3 is 0 Å². The molecule has 1 heterocycles. The van der Waals surface area contributed by atoms with Gasteiger partial charge in [-0.15, -0.1) is 0 Å². The quantitative estimate of drug-likeness (QED) is 0.759. The van der Waals surface area contributed by atoms with Gasteiger partial charge < -0.3 is 10.2 Å². The molecular weight excluding hydrogens is 228 g/mol. The van der Waals surface area contributed by atoms with Crippen LogP contribution >= 0.6 is 0 Å². The molecule has 1 saturated carbocycles. The van der Waals surface area contributed by atoms with Crippen LogP contribution in [-0.4, -0.2) is 35.3 Å². The molecule has 0 aromatic carbocycles. The minimum atomic E-state index is -0.542. The fourth-order valence-corrected chi connectivity index (χ4v) is 3.14. The Morgan fingerprint density at radius 3 is 2.56 bits per heavy atom. The highest BCUT2D eigenvalue weighted by Gasteiger charge is 2.47. The standard InChI is InChI=1S/C14H24N2O2/c1-2-3-4-7-10-16-11-12(17)15-14(13(16)18)8-5-6-9-14/h2-11H2,1H3,(H,15,17). The number of hydrogen-bond acceptors (Lipinski definition) is 2. The number of piperazine rings is 1. The number of carbonyl (C=O) groups is 2. The van der Waals surface area contributed by atoms with Crippen molar-refractivity contribution in [3.05, 3.63) is 0 Å². The molecule has 2 fully saturated rings. The van der Waals surface area contributed by atoms with Gasteiger partial charge in [-0.1, -0.05) is 39.0 Å². The predicted octanol–water partition coefficient (Wildman–Crippen LogP) is 1.84. The van der Waals surface area contributed by atoms with Gasteiger partial charge in [0.1, 0.15) is 5.54 Å². The van der Waals surface area contributed by atoms with E-state index in [1.807, 2.05) is 0 Å². The van der Waals surface area contributed by atoms with Crippen molar-refractivity contribution in [3.8, 4) is 0 Å². The van der Waals surface area contributed by atoms with Gasteiger partial charge in [0, 0.05) is 6.54 Å². The van der Waals surface area contributed by atoms with Crippen molar-refractivity contribution < 1.29 is 9.59 Å². The van der Waals surface area contributed by atoms with E-state index in [-0.39, 0.29) is 18.4 Å². The van der Waals surface area contributed by atoms with Gasteiger partial charge in [0.2, 0.25) is 11.8 Å². The van der Waals surface area contributed by atoms with E-state index in [1.165, 1.54) is 12.8 Å². The van der Waals surface area contributed by atoms with Crippen molar-refractivity contribution in [3.63, 3.8) is 0 Å². The zero-order chi connectivity index (χ0) is 13.0. The Hall–Kier alpha value is -1.06. The van der Waals surface area contributed by atoms with Crippen LogP contribution in [0.2, 0.25) is 0 Å². The van der Waals surface area contributed by atoms with Crippen molar-refractivity contribution in [2.45, 2.75) is 63.8 Å². The highest BCUT2D eigenvalue weighted by Crippen LogP contribution is 2.33. The second kappa shape index (κ2) is 5.72. The third-order valence-corrected chi connectivity index (χ3v) is 4.15. The minimum Gasteiger partial charge on any atom is -0.340 e. The van der Waals surface area contributed by atoms with Crippen LogP contribution < -0.4 is 5.32 Å². The van der Waals surface area contributed by atoms with Crippen LogP contribution in [0, 0.1) is 0 Å². The van der Waals surface area contributed by atoms with Gasteiger partial charge in [0.05, 0.1) is 6.54 Å². The van der Waals surface area contributed by atoms with Crippen LogP contribution in [0.3, 0.4) is 0 Å². The lowest BCUT2D eigenvalue weighted by Crippen LogP contribution is -2.65. The summed E-state index contributed by atoms with van der Waals surface area (Å²) in [5, 5.41) is 2.94. The molecule has 0 radical (unpaired) electrons. The normalized spacial score (nSPS) is 22.6. The molecule has 1 aliphatic carbocycles. The maximum atomic E-state index is 12.5. The number of unbranched alkanes of at least 4 members (excludes halogenated alkanes) is 3. The smallest absolute Gasteiger partial charge is 0.248 e. The molecule has 4 heteroatoms. The molecule has 0 atom stereocenters. The maximum absolute atomic E-state index is 12.5. The highest BCUT2D eigenvalue weighted by molar-refractivity contribution is 5.98. The first-order valence-electron chi connectivity index (χ1n) is 7.28. The number of nitrogens with zero attached hydrogens (tertiary/aromatic N) is 1. The van der Waals surface area contributed by atoms with E-state index < -0.39 is 5.54 Å². The summed E-state index contributed by atoms with van der Waals surface area (Å²) < 4.78 is 0. The summed E-state index contributed by atoms with van der Waals surface area (Å²) in [5.74, 6) is 0.183. The SMILES string of the molecule is CCCCCCN1CC(=O)NC2(CCCC2)C1=O. The Morgan fingerprint density at radius 1 is 1.17 bits per heavy atom. The second-order valence-electron chi connectivity index (χ2n) is 5.62. The lowest BCUT2D eigenvalue weighted by Gasteiger charge is -2.39. The van der Waals surface area contributed by atoms with E-state index in [9.17, 15) is 9.59 Å². The summed E-state index contributed by atoms with van der Waals surface area (Å²) in [5.41, 5.74) is -0.542. The summed E-state index contributed by atoms with van der Waals surface area (Å²) in [6.07, 6.45) is 8.31. The minimum absolute atomic E-state index is 0.0204. The van der Waals surface area contributed by atoms with E-state index in [1.54, 1.807) is 4.90 Å². The average Bonchev–Trinajstić information content (AvgIpc) is 2.80. The predicted molar refractivity (Wildman–Crippen MR) is 70.1 cm³/mol. The Labute approximate surface area is 109 Å². The molecule has 0 aromatic rings. The van der Waals surface area contributed by atoms with Crippen LogP contribution in [0.15, 0.2) is 0 Å².